The molecule has 1 saturated heterocycles. The number of likely N-dealkylation sites (tertiary alicyclic amines) is 1. The van der Waals surface area contributed by atoms with Crippen molar-refractivity contribution in [2.24, 2.45) is 5.73 Å². The first-order valence-electron chi connectivity index (χ1n) is 6.86. The van der Waals surface area contributed by atoms with Crippen molar-refractivity contribution in [3.63, 3.8) is 0 Å². The van der Waals surface area contributed by atoms with E-state index in [4.69, 9.17) is 10.5 Å². The van der Waals surface area contributed by atoms with Gasteiger partial charge in [0.15, 0.2) is 5.82 Å². The maximum Gasteiger partial charge on any atom is 0.318 e. The number of hydrogen-bond acceptors (Lipinski definition) is 6. The third kappa shape index (κ3) is 3.91. The highest BCUT2D eigenvalue weighted by Crippen LogP contribution is 2.17. The van der Waals surface area contributed by atoms with Gasteiger partial charge in [-0.3, -0.25) is 4.79 Å². The largest absolute Gasteiger partial charge is 0.380 e. The number of rotatable bonds is 6. The summed E-state index contributed by atoms with van der Waals surface area (Å²) in [5, 5.41) is 6.25. The molecule has 1 aliphatic rings. The number of carbonyl (C=O) groups excluding carboxylic acids is 2. The second-order valence-corrected chi connectivity index (χ2v) is 4.69. The van der Waals surface area contributed by atoms with E-state index in [0.717, 1.165) is 12.8 Å². The second-order valence-electron chi connectivity index (χ2n) is 4.69. The van der Waals surface area contributed by atoms with Gasteiger partial charge in [0.05, 0.1) is 19.2 Å². The van der Waals surface area contributed by atoms with E-state index in [1.807, 2.05) is 6.92 Å². The minimum atomic E-state index is -0.795. The van der Waals surface area contributed by atoms with Gasteiger partial charge in [0.1, 0.15) is 0 Å². The summed E-state index contributed by atoms with van der Waals surface area (Å²) < 4.78 is 10.0. The highest BCUT2D eigenvalue weighted by atomic mass is 16.5. The molecule has 1 aromatic rings. The molecular weight excluding hydrogens is 278 g/mol. The van der Waals surface area contributed by atoms with Crippen LogP contribution in [0.1, 0.15) is 36.3 Å². The van der Waals surface area contributed by atoms with E-state index in [9.17, 15) is 9.59 Å². The molecule has 0 saturated carbocycles. The van der Waals surface area contributed by atoms with E-state index in [-0.39, 0.29) is 30.3 Å². The van der Waals surface area contributed by atoms with E-state index < -0.39 is 5.91 Å². The van der Waals surface area contributed by atoms with Crippen molar-refractivity contribution in [3.8, 4) is 0 Å². The van der Waals surface area contributed by atoms with Gasteiger partial charge in [0, 0.05) is 13.2 Å². The lowest BCUT2D eigenvalue weighted by Gasteiger charge is -2.24. The van der Waals surface area contributed by atoms with Crippen LogP contribution in [0.4, 0.5) is 4.79 Å². The summed E-state index contributed by atoms with van der Waals surface area (Å²) in [4.78, 5) is 28.4. The molecule has 2 rings (SSSR count). The zero-order valence-electron chi connectivity index (χ0n) is 11.9. The SMILES string of the molecule is CCOC[C@@H]1CCCN1C(=O)NCc1noc(C(N)=O)n1. The molecule has 0 aromatic carbocycles. The molecule has 3 amide bonds. The standard InChI is InChI=1S/C12H19N5O4/c1-2-20-7-8-4-3-5-17(8)12(19)14-6-9-15-11(10(13)18)21-16-9/h8H,2-7H2,1H3,(H2,13,18)(H,14,19)/t8-/m0/s1. The Morgan fingerprint density at radius 3 is 3.05 bits per heavy atom. The van der Waals surface area contributed by atoms with Gasteiger partial charge in [-0.2, -0.15) is 4.98 Å². The summed E-state index contributed by atoms with van der Waals surface area (Å²) in [7, 11) is 0. The molecule has 0 unspecified atom stereocenters. The monoisotopic (exact) mass is 297 g/mol. The highest BCUT2D eigenvalue weighted by molar-refractivity contribution is 5.87. The number of nitrogens with one attached hydrogen (secondary N) is 1. The smallest absolute Gasteiger partial charge is 0.318 e. The molecule has 1 atom stereocenters. The van der Waals surface area contributed by atoms with Crippen LogP contribution >= 0.6 is 0 Å². The predicted molar refractivity (Wildman–Crippen MR) is 71.3 cm³/mol. The fourth-order valence-electron chi connectivity index (χ4n) is 2.21. The van der Waals surface area contributed by atoms with Gasteiger partial charge in [-0.1, -0.05) is 5.16 Å². The molecule has 0 spiro atoms. The van der Waals surface area contributed by atoms with Crippen molar-refractivity contribution in [2.75, 3.05) is 19.8 Å². The van der Waals surface area contributed by atoms with Crippen LogP contribution in [0.5, 0.6) is 0 Å². The number of primary amides is 1. The van der Waals surface area contributed by atoms with Crippen LogP contribution in [-0.4, -0.2) is 52.8 Å². The number of carbonyl (C=O) groups is 2. The van der Waals surface area contributed by atoms with E-state index in [2.05, 4.69) is 20.0 Å². The molecule has 3 N–H and O–H groups in total. The topological polar surface area (TPSA) is 124 Å². The first kappa shape index (κ1) is 15.2. The summed E-state index contributed by atoms with van der Waals surface area (Å²) in [5.74, 6) is -0.858. The Kier molecular flexibility index (Phi) is 5.09. The van der Waals surface area contributed by atoms with Crippen molar-refractivity contribution in [1.82, 2.24) is 20.4 Å². The number of aromatic nitrogens is 2. The van der Waals surface area contributed by atoms with Crippen LogP contribution in [0, 0.1) is 0 Å². The van der Waals surface area contributed by atoms with Gasteiger partial charge in [-0.15, -0.1) is 0 Å². The van der Waals surface area contributed by atoms with Crippen molar-refractivity contribution < 1.29 is 18.8 Å². The summed E-state index contributed by atoms with van der Waals surface area (Å²) in [6, 6.07) is -0.112. The number of nitrogens with two attached hydrogens (primary N) is 1. The van der Waals surface area contributed by atoms with Gasteiger partial charge in [-0.05, 0) is 19.8 Å². The van der Waals surface area contributed by atoms with Crippen LogP contribution in [0.3, 0.4) is 0 Å². The summed E-state index contributed by atoms with van der Waals surface area (Å²) >= 11 is 0. The molecule has 1 fully saturated rings. The first-order chi connectivity index (χ1) is 10.1. The number of ether oxygens (including phenoxy) is 1. The third-order valence-corrected chi connectivity index (χ3v) is 3.23. The lowest BCUT2D eigenvalue weighted by atomic mass is 10.2. The predicted octanol–water partition coefficient (Wildman–Crippen LogP) is -0.121. The molecular formula is C12H19N5O4. The van der Waals surface area contributed by atoms with Crippen LogP contribution in [0.2, 0.25) is 0 Å². The van der Waals surface area contributed by atoms with Gasteiger partial charge < -0.3 is 25.2 Å². The Balaban J connectivity index is 1.84. The van der Waals surface area contributed by atoms with Gasteiger partial charge in [0.25, 0.3) is 0 Å². The van der Waals surface area contributed by atoms with Crippen LogP contribution in [0.15, 0.2) is 4.52 Å². The van der Waals surface area contributed by atoms with E-state index in [0.29, 0.717) is 19.8 Å². The Morgan fingerprint density at radius 1 is 1.57 bits per heavy atom. The maximum absolute atomic E-state index is 12.1. The maximum atomic E-state index is 12.1. The lowest BCUT2D eigenvalue weighted by molar-refractivity contribution is 0.0939. The summed E-state index contributed by atoms with van der Waals surface area (Å²) in [5.41, 5.74) is 5.00. The molecule has 1 aliphatic heterocycles. The quantitative estimate of drug-likeness (QED) is 0.754. The number of nitrogens with zero attached hydrogens (tertiary/aromatic N) is 3. The van der Waals surface area contributed by atoms with Crippen molar-refractivity contribution >= 4 is 11.9 Å². The Labute approximate surface area is 121 Å². The minimum absolute atomic E-state index is 0.0769. The average Bonchev–Trinajstić information content (AvgIpc) is 3.11. The van der Waals surface area contributed by atoms with Crippen LogP contribution < -0.4 is 11.1 Å². The summed E-state index contributed by atoms with van der Waals surface area (Å²) in [6.07, 6.45) is 1.89. The van der Waals surface area contributed by atoms with Gasteiger partial charge in [-0.25, -0.2) is 4.79 Å². The number of amides is 3. The summed E-state index contributed by atoms with van der Waals surface area (Å²) in [6.45, 7) is 3.87. The fraction of sp³-hybridized carbons (Fsp3) is 0.667. The highest BCUT2D eigenvalue weighted by Gasteiger charge is 2.28. The molecule has 0 aliphatic carbocycles. The van der Waals surface area contributed by atoms with Crippen LogP contribution in [0.25, 0.3) is 0 Å². The van der Waals surface area contributed by atoms with Crippen molar-refractivity contribution in [2.45, 2.75) is 32.4 Å². The number of urea groups is 1. The van der Waals surface area contributed by atoms with Gasteiger partial charge >= 0.3 is 17.8 Å². The Hall–Kier alpha value is -2.16. The molecule has 0 radical (unpaired) electrons. The zero-order chi connectivity index (χ0) is 15.2. The molecule has 2 heterocycles. The average molecular weight is 297 g/mol. The van der Waals surface area contributed by atoms with E-state index in [1.54, 1.807) is 4.90 Å². The lowest BCUT2D eigenvalue weighted by Crippen LogP contribution is -2.44. The van der Waals surface area contributed by atoms with Crippen molar-refractivity contribution in [1.29, 1.82) is 0 Å². The van der Waals surface area contributed by atoms with Crippen LogP contribution in [-0.2, 0) is 11.3 Å². The molecule has 0 bridgehead atoms. The molecule has 9 nitrogen and oxygen atoms in total. The molecule has 21 heavy (non-hydrogen) atoms. The van der Waals surface area contributed by atoms with E-state index in [1.165, 1.54) is 0 Å². The Morgan fingerprint density at radius 2 is 2.38 bits per heavy atom. The van der Waals surface area contributed by atoms with Gasteiger partial charge in [0.2, 0.25) is 0 Å². The first-order valence-corrected chi connectivity index (χ1v) is 6.86. The fourth-order valence-corrected chi connectivity index (χ4v) is 2.21. The zero-order valence-corrected chi connectivity index (χ0v) is 11.9. The Bertz CT molecular complexity index is 504. The molecule has 9 heteroatoms. The number of hydrogen-bond donors (Lipinski definition) is 2. The third-order valence-electron chi connectivity index (χ3n) is 3.23. The van der Waals surface area contributed by atoms with E-state index >= 15 is 0 Å². The molecule has 116 valence electrons. The minimum Gasteiger partial charge on any atom is -0.380 e. The molecule has 1 aromatic heterocycles. The van der Waals surface area contributed by atoms with Crippen molar-refractivity contribution in [3.05, 3.63) is 11.7 Å². The second kappa shape index (κ2) is 7.02. The normalized spacial score (nSPS) is 18.0.